The summed E-state index contributed by atoms with van der Waals surface area (Å²) < 4.78 is 20.8. The summed E-state index contributed by atoms with van der Waals surface area (Å²) >= 11 is 12.9. The van der Waals surface area contributed by atoms with Crippen LogP contribution >= 0.6 is 23.2 Å². The standard InChI is InChI=1S/C47H58Cl2N8O5/c1-6-8-11-34(7-2)25-56(44(58)43-22-35-12-9-10-13-36(35)24-52-43)33(5)46(45(50)59)28-54(32(3)4)20-21-57(46)38-15-17-39(18-16-38)60-26-40-27-61-47(62-40,29-55-31-51-30-53-55)41-19-14-37(48)23-42(41)49/h9-10,12-19,22-24,30-34,40H,6-8,11,20-21,25-29H2,1-5H3,(H2,50,59)/t33?,34?,40-,46?,47-/m1/s1. The third-order valence-corrected chi connectivity index (χ3v) is 13.1. The molecule has 0 radical (unpaired) electrons. The highest BCUT2D eigenvalue weighted by molar-refractivity contribution is 6.35. The smallest absolute Gasteiger partial charge is 0.272 e. The van der Waals surface area contributed by atoms with Gasteiger partial charge in [-0.25, -0.2) is 9.67 Å². The number of rotatable bonds is 18. The van der Waals surface area contributed by atoms with E-state index in [0.29, 0.717) is 53.2 Å². The first-order valence-electron chi connectivity index (χ1n) is 21.7. The molecule has 4 heterocycles. The molecule has 62 heavy (non-hydrogen) atoms. The molecular weight excluding hydrogens is 827 g/mol. The van der Waals surface area contributed by atoms with Gasteiger partial charge < -0.3 is 29.7 Å². The van der Waals surface area contributed by atoms with Crippen molar-refractivity contribution >= 4 is 51.5 Å². The number of anilines is 1. The Bertz CT molecular complexity index is 2300. The summed E-state index contributed by atoms with van der Waals surface area (Å²) in [6, 6.07) is 22.1. The molecule has 2 aliphatic heterocycles. The van der Waals surface area contributed by atoms with Gasteiger partial charge in [-0.15, -0.1) is 0 Å². The van der Waals surface area contributed by atoms with Crippen LogP contribution in [0.4, 0.5) is 5.69 Å². The molecule has 3 aromatic carbocycles. The molecule has 7 rings (SSSR count). The lowest BCUT2D eigenvalue weighted by molar-refractivity contribution is -0.190. The lowest BCUT2D eigenvalue weighted by atomic mass is 9.82. The number of carbonyl (C=O) groups excluding carboxylic acids is 2. The van der Waals surface area contributed by atoms with Gasteiger partial charge in [0.2, 0.25) is 11.7 Å². The molecule has 0 aliphatic carbocycles. The van der Waals surface area contributed by atoms with E-state index in [9.17, 15) is 9.59 Å². The Morgan fingerprint density at radius 1 is 1.02 bits per heavy atom. The predicted molar refractivity (Wildman–Crippen MR) is 242 cm³/mol. The normalized spacial score (nSPS) is 21.6. The summed E-state index contributed by atoms with van der Waals surface area (Å²) in [5.41, 5.74) is 7.10. The number of piperazine rings is 1. The van der Waals surface area contributed by atoms with Gasteiger partial charge in [-0.2, -0.15) is 5.10 Å². The SMILES string of the molecule is CCCCC(CC)CN(C(=O)c1cc2ccccc2cn1)C(C)C1(C(N)=O)CN(C(C)C)CCN1c1ccc(OC[C@@H]2CO[C@@](Cn3cncn3)(c3ccc(Cl)cc3Cl)O2)cc1. The summed E-state index contributed by atoms with van der Waals surface area (Å²) in [5.74, 6) is -1.12. The number of hydrogen-bond donors (Lipinski definition) is 1. The molecular formula is C47H58Cl2N8O5. The van der Waals surface area contributed by atoms with Gasteiger partial charge in [-0.1, -0.05) is 86.6 Å². The number of hydrogen-bond acceptors (Lipinski definition) is 10. The number of fused-ring (bicyclic) bond motifs is 1. The lowest BCUT2D eigenvalue weighted by Gasteiger charge is -2.55. The van der Waals surface area contributed by atoms with E-state index in [1.807, 2.05) is 66.4 Å². The Kier molecular flexibility index (Phi) is 14.4. The molecule has 2 fully saturated rings. The molecule has 5 atom stereocenters. The van der Waals surface area contributed by atoms with E-state index in [-0.39, 0.29) is 37.6 Å². The Morgan fingerprint density at radius 2 is 1.79 bits per heavy atom. The van der Waals surface area contributed by atoms with Gasteiger partial charge in [0, 0.05) is 60.1 Å². The molecule has 330 valence electrons. The highest BCUT2D eigenvalue weighted by atomic mass is 35.5. The number of pyridine rings is 1. The van der Waals surface area contributed by atoms with Crippen molar-refractivity contribution in [3.05, 3.63) is 113 Å². The largest absolute Gasteiger partial charge is 0.491 e. The van der Waals surface area contributed by atoms with Crippen molar-refractivity contribution in [2.75, 3.05) is 44.3 Å². The van der Waals surface area contributed by atoms with Crippen LogP contribution < -0.4 is 15.4 Å². The number of amides is 2. The Morgan fingerprint density at radius 3 is 2.47 bits per heavy atom. The minimum absolute atomic E-state index is 0.144. The second-order valence-corrected chi connectivity index (χ2v) is 17.6. The average molecular weight is 886 g/mol. The minimum Gasteiger partial charge on any atom is -0.491 e. The number of aromatic nitrogens is 4. The second kappa shape index (κ2) is 19.7. The minimum atomic E-state index is -1.29. The van der Waals surface area contributed by atoms with Gasteiger partial charge in [0.05, 0.1) is 17.7 Å². The topological polar surface area (TPSA) is 141 Å². The van der Waals surface area contributed by atoms with Crippen molar-refractivity contribution in [3.63, 3.8) is 0 Å². The van der Waals surface area contributed by atoms with Gasteiger partial charge >= 0.3 is 0 Å². The zero-order valence-electron chi connectivity index (χ0n) is 36.3. The molecule has 0 bridgehead atoms. The summed E-state index contributed by atoms with van der Waals surface area (Å²) in [4.78, 5) is 44.3. The first kappa shape index (κ1) is 45.2. The highest BCUT2D eigenvalue weighted by Crippen LogP contribution is 2.41. The first-order chi connectivity index (χ1) is 29.9. The Hall–Kier alpha value is -4.79. The van der Waals surface area contributed by atoms with Crippen LogP contribution in [0.15, 0.2) is 91.6 Å². The molecule has 0 saturated carbocycles. The van der Waals surface area contributed by atoms with Crippen LogP contribution in [0, 0.1) is 5.92 Å². The molecule has 3 unspecified atom stereocenters. The van der Waals surface area contributed by atoms with Crippen molar-refractivity contribution in [2.45, 2.75) is 96.4 Å². The summed E-state index contributed by atoms with van der Waals surface area (Å²) in [6.45, 7) is 13.3. The van der Waals surface area contributed by atoms with Crippen LogP contribution in [0.5, 0.6) is 5.75 Å². The van der Waals surface area contributed by atoms with E-state index in [1.54, 1.807) is 35.4 Å². The number of ether oxygens (including phenoxy) is 3. The molecule has 2 saturated heterocycles. The fraction of sp³-hybridized carbons (Fsp3) is 0.468. The summed E-state index contributed by atoms with van der Waals surface area (Å²) in [6.07, 6.45) is 8.31. The molecule has 2 aliphatic rings. The third-order valence-electron chi connectivity index (χ3n) is 12.6. The quantitative estimate of drug-likeness (QED) is 0.0921. The first-order valence-corrected chi connectivity index (χ1v) is 22.4. The van der Waals surface area contributed by atoms with E-state index in [2.05, 4.69) is 52.6 Å². The number of benzene rings is 3. The third kappa shape index (κ3) is 9.57. The van der Waals surface area contributed by atoms with E-state index in [4.69, 9.17) is 43.1 Å². The monoisotopic (exact) mass is 884 g/mol. The summed E-state index contributed by atoms with van der Waals surface area (Å²) in [7, 11) is 0. The Balaban J connectivity index is 1.16. The number of halogens is 2. The van der Waals surface area contributed by atoms with Crippen LogP contribution in [0.2, 0.25) is 10.0 Å². The molecule has 13 nitrogen and oxygen atoms in total. The van der Waals surface area contributed by atoms with E-state index >= 15 is 0 Å². The number of nitrogens with zero attached hydrogens (tertiary/aromatic N) is 7. The molecule has 2 aromatic heterocycles. The molecule has 5 aromatic rings. The van der Waals surface area contributed by atoms with Crippen LogP contribution in [0.3, 0.4) is 0 Å². The average Bonchev–Trinajstić information content (AvgIpc) is 3.95. The van der Waals surface area contributed by atoms with Crippen molar-refractivity contribution in [2.24, 2.45) is 11.7 Å². The fourth-order valence-electron chi connectivity index (χ4n) is 8.89. The maximum absolute atomic E-state index is 14.9. The zero-order chi connectivity index (χ0) is 44.0. The van der Waals surface area contributed by atoms with E-state index < -0.39 is 29.4 Å². The summed E-state index contributed by atoms with van der Waals surface area (Å²) in [5, 5.41) is 7.05. The van der Waals surface area contributed by atoms with Crippen molar-refractivity contribution in [1.29, 1.82) is 0 Å². The Labute approximate surface area is 374 Å². The van der Waals surface area contributed by atoms with Gasteiger partial charge in [0.25, 0.3) is 5.91 Å². The lowest BCUT2D eigenvalue weighted by Crippen LogP contribution is -2.76. The number of unbranched alkanes of at least 4 members (excludes halogenated alkanes) is 1. The maximum Gasteiger partial charge on any atom is 0.272 e. The van der Waals surface area contributed by atoms with Crippen molar-refractivity contribution in [1.82, 2.24) is 29.5 Å². The number of primary amides is 1. The fourth-order valence-corrected chi connectivity index (χ4v) is 9.44. The molecule has 2 N–H and O–H groups in total. The molecule has 2 amide bonds. The predicted octanol–water partition coefficient (Wildman–Crippen LogP) is 7.98. The number of nitrogens with two attached hydrogens (primary N) is 1. The van der Waals surface area contributed by atoms with Crippen molar-refractivity contribution < 1.29 is 23.8 Å². The highest BCUT2D eigenvalue weighted by Gasteiger charge is 2.54. The number of carbonyl (C=O) groups is 2. The van der Waals surface area contributed by atoms with Gasteiger partial charge in [-0.3, -0.25) is 19.5 Å². The van der Waals surface area contributed by atoms with Crippen LogP contribution in [-0.4, -0.2) is 104 Å². The zero-order valence-corrected chi connectivity index (χ0v) is 37.8. The maximum atomic E-state index is 14.9. The van der Waals surface area contributed by atoms with E-state index in [1.165, 1.54) is 6.33 Å². The van der Waals surface area contributed by atoms with Crippen molar-refractivity contribution in [3.8, 4) is 5.75 Å². The van der Waals surface area contributed by atoms with Gasteiger partial charge in [0.1, 0.15) is 43.4 Å². The van der Waals surface area contributed by atoms with Gasteiger partial charge in [0.15, 0.2) is 5.54 Å². The van der Waals surface area contributed by atoms with Crippen LogP contribution in [-0.2, 0) is 26.6 Å². The van der Waals surface area contributed by atoms with Gasteiger partial charge in [-0.05, 0) is 81.0 Å². The van der Waals surface area contributed by atoms with E-state index in [0.717, 1.165) is 42.1 Å². The van der Waals surface area contributed by atoms with Crippen LogP contribution in [0.25, 0.3) is 10.8 Å². The van der Waals surface area contributed by atoms with Crippen LogP contribution in [0.1, 0.15) is 76.4 Å². The molecule has 15 heteroatoms. The molecule has 0 spiro atoms. The second-order valence-electron chi connectivity index (χ2n) is 16.8.